The molecule has 128 valence electrons. The van der Waals surface area contributed by atoms with E-state index >= 15 is 0 Å². The van der Waals surface area contributed by atoms with Gasteiger partial charge in [-0.2, -0.15) is 0 Å². The fourth-order valence-electron chi connectivity index (χ4n) is 2.83. The minimum atomic E-state index is -0.222. The second kappa shape index (κ2) is 7.27. The number of quaternary nitrogens is 1. The van der Waals surface area contributed by atoms with Crippen LogP contribution in [0.1, 0.15) is 17.0 Å². The van der Waals surface area contributed by atoms with Gasteiger partial charge in [0.05, 0.1) is 26.2 Å². The fourth-order valence-corrected chi connectivity index (χ4v) is 3.13. The molecule has 0 aliphatic carbocycles. The van der Waals surface area contributed by atoms with Gasteiger partial charge >= 0.3 is 0 Å². The molecule has 1 aliphatic heterocycles. The highest BCUT2D eigenvalue weighted by molar-refractivity contribution is 7.80. The van der Waals surface area contributed by atoms with E-state index in [4.69, 9.17) is 16.7 Å². The maximum Gasteiger partial charge on any atom is 0.173 e. The number of hydrogen-bond acceptors (Lipinski definition) is 3. The van der Waals surface area contributed by atoms with Crippen molar-refractivity contribution in [2.75, 3.05) is 31.5 Å². The van der Waals surface area contributed by atoms with E-state index in [0.717, 1.165) is 44.2 Å². The first-order valence-corrected chi connectivity index (χ1v) is 8.50. The van der Waals surface area contributed by atoms with Crippen molar-refractivity contribution in [3.63, 3.8) is 0 Å². The Morgan fingerprint density at radius 1 is 1.33 bits per heavy atom. The second-order valence-corrected chi connectivity index (χ2v) is 6.62. The smallest absolute Gasteiger partial charge is 0.173 e. The third kappa shape index (κ3) is 4.10. The van der Waals surface area contributed by atoms with Crippen LogP contribution < -0.4 is 10.2 Å². The molecule has 1 saturated heterocycles. The number of nitrogens with zero attached hydrogens (tertiary/aromatic N) is 2. The molecule has 1 aromatic heterocycles. The normalized spacial score (nSPS) is 15.5. The summed E-state index contributed by atoms with van der Waals surface area (Å²) in [4.78, 5) is 3.59. The van der Waals surface area contributed by atoms with Crippen LogP contribution in [0.5, 0.6) is 0 Å². The summed E-state index contributed by atoms with van der Waals surface area (Å²) in [5.41, 5.74) is 2.31. The number of halogens is 1. The highest BCUT2D eigenvalue weighted by atomic mass is 32.1. The highest BCUT2D eigenvalue weighted by Crippen LogP contribution is 2.14. The van der Waals surface area contributed by atoms with Crippen molar-refractivity contribution in [2.24, 2.45) is 0 Å². The van der Waals surface area contributed by atoms with Gasteiger partial charge in [0.1, 0.15) is 23.8 Å². The van der Waals surface area contributed by atoms with Gasteiger partial charge in [0.2, 0.25) is 0 Å². The summed E-state index contributed by atoms with van der Waals surface area (Å²) < 4.78 is 18.7. The van der Waals surface area contributed by atoms with Crippen molar-refractivity contribution in [3.8, 4) is 0 Å². The summed E-state index contributed by atoms with van der Waals surface area (Å²) >= 11 is 5.46. The Morgan fingerprint density at radius 2 is 2.08 bits per heavy atom. The average Bonchev–Trinajstić information content (AvgIpc) is 2.96. The van der Waals surface area contributed by atoms with Crippen LogP contribution in [0.4, 0.5) is 10.1 Å². The number of aryl methyl sites for hydroxylation is 2. The molecular formula is C17H22FN4OS+. The lowest BCUT2D eigenvalue weighted by Gasteiger charge is -2.33. The standard InChI is InChI=1S/C17H21FN4OS/c1-12-3-4-14(10-16(12)18)19-17(24)22-7-5-21(6-8-22)11-15-9-13(2)23-20-15/h3-4,9-10H,5-8,11H2,1-2H3,(H,19,24)/p+1. The predicted molar refractivity (Wildman–Crippen MR) is 94.6 cm³/mol. The van der Waals surface area contributed by atoms with Crippen molar-refractivity contribution in [3.05, 3.63) is 47.1 Å². The van der Waals surface area contributed by atoms with E-state index in [1.807, 2.05) is 19.1 Å². The summed E-state index contributed by atoms with van der Waals surface area (Å²) in [6.07, 6.45) is 0. The number of thiocarbonyl (C=S) groups is 1. The van der Waals surface area contributed by atoms with E-state index in [2.05, 4.69) is 15.4 Å². The molecule has 5 nitrogen and oxygen atoms in total. The minimum Gasteiger partial charge on any atom is -0.361 e. The van der Waals surface area contributed by atoms with Crippen LogP contribution in [0.2, 0.25) is 0 Å². The van der Waals surface area contributed by atoms with Crippen LogP contribution in [0.25, 0.3) is 0 Å². The first-order chi connectivity index (χ1) is 11.5. The van der Waals surface area contributed by atoms with E-state index in [1.165, 1.54) is 11.0 Å². The van der Waals surface area contributed by atoms with Gasteiger partial charge in [-0.1, -0.05) is 11.2 Å². The largest absolute Gasteiger partial charge is 0.361 e. The molecule has 1 fully saturated rings. The number of benzene rings is 1. The number of anilines is 1. The Balaban J connectivity index is 1.50. The summed E-state index contributed by atoms with van der Waals surface area (Å²) in [6.45, 7) is 8.22. The van der Waals surface area contributed by atoms with Gasteiger partial charge in [0.15, 0.2) is 5.11 Å². The van der Waals surface area contributed by atoms with Crippen molar-refractivity contribution in [1.82, 2.24) is 10.1 Å². The molecule has 2 heterocycles. The first-order valence-electron chi connectivity index (χ1n) is 8.09. The van der Waals surface area contributed by atoms with Gasteiger partial charge in [-0.05, 0) is 43.8 Å². The summed E-state index contributed by atoms with van der Waals surface area (Å²) in [5, 5.41) is 7.83. The quantitative estimate of drug-likeness (QED) is 0.823. The molecule has 2 N–H and O–H groups in total. The number of nitrogens with one attached hydrogen (secondary N) is 2. The Bertz CT molecular complexity index is 725. The molecule has 24 heavy (non-hydrogen) atoms. The SMILES string of the molecule is Cc1cc(C[NH+]2CCN(C(=S)Nc3ccc(C)c(F)c3)CC2)no1. The van der Waals surface area contributed by atoms with Gasteiger partial charge in [0.25, 0.3) is 0 Å². The van der Waals surface area contributed by atoms with Gasteiger partial charge in [-0.15, -0.1) is 0 Å². The highest BCUT2D eigenvalue weighted by Gasteiger charge is 2.22. The molecule has 7 heteroatoms. The van der Waals surface area contributed by atoms with E-state index in [0.29, 0.717) is 16.4 Å². The fraction of sp³-hybridized carbons (Fsp3) is 0.412. The number of aromatic nitrogens is 1. The molecule has 1 aromatic carbocycles. The minimum absolute atomic E-state index is 0.222. The summed E-state index contributed by atoms with van der Waals surface area (Å²) in [7, 11) is 0. The Labute approximate surface area is 146 Å². The van der Waals surface area contributed by atoms with E-state index in [1.54, 1.807) is 13.0 Å². The van der Waals surface area contributed by atoms with Gasteiger partial charge in [-0.3, -0.25) is 0 Å². The number of piperazine rings is 1. The molecule has 1 aliphatic rings. The molecule has 0 atom stereocenters. The zero-order chi connectivity index (χ0) is 17.1. The van der Waals surface area contributed by atoms with Gasteiger partial charge in [0, 0.05) is 11.8 Å². The van der Waals surface area contributed by atoms with E-state index in [9.17, 15) is 4.39 Å². The van der Waals surface area contributed by atoms with Crippen LogP contribution >= 0.6 is 12.2 Å². The summed E-state index contributed by atoms with van der Waals surface area (Å²) in [5.74, 6) is 0.624. The van der Waals surface area contributed by atoms with Crippen molar-refractivity contribution in [2.45, 2.75) is 20.4 Å². The monoisotopic (exact) mass is 349 g/mol. The van der Waals surface area contributed by atoms with Crippen LogP contribution in [-0.4, -0.2) is 41.3 Å². The molecule has 0 saturated carbocycles. The van der Waals surface area contributed by atoms with Crippen LogP contribution in [0.15, 0.2) is 28.8 Å². The van der Waals surface area contributed by atoms with Gasteiger partial charge < -0.3 is 19.6 Å². The van der Waals surface area contributed by atoms with Crippen molar-refractivity contribution in [1.29, 1.82) is 0 Å². The number of hydrogen-bond donors (Lipinski definition) is 2. The lowest BCUT2D eigenvalue weighted by molar-refractivity contribution is -0.917. The second-order valence-electron chi connectivity index (χ2n) is 6.24. The molecule has 0 radical (unpaired) electrons. The van der Waals surface area contributed by atoms with Crippen molar-refractivity contribution < 1.29 is 13.8 Å². The maximum atomic E-state index is 13.6. The predicted octanol–water partition coefficient (Wildman–Crippen LogP) is 1.53. The topological polar surface area (TPSA) is 45.7 Å². The maximum absolute atomic E-state index is 13.6. The molecule has 0 bridgehead atoms. The molecule has 2 aromatic rings. The number of rotatable bonds is 3. The lowest BCUT2D eigenvalue weighted by atomic mass is 10.2. The van der Waals surface area contributed by atoms with E-state index < -0.39 is 0 Å². The van der Waals surface area contributed by atoms with E-state index in [-0.39, 0.29) is 5.82 Å². The lowest BCUT2D eigenvalue weighted by Crippen LogP contribution is -3.13. The molecule has 0 unspecified atom stereocenters. The zero-order valence-corrected chi connectivity index (χ0v) is 14.8. The average molecular weight is 349 g/mol. The molecule has 0 amide bonds. The molecular weight excluding hydrogens is 327 g/mol. The first kappa shape index (κ1) is 16.9. The van der Waals surface area contributed by atoms with Gasteiger partial charge in [-0.25, -0.2) is 4.39 Å². The Morgan fingerprint density at radius 3 is 2.71 bits per heavy atom. The Kier molecular flexibility index (Phi) is 5.11. The summed E-state index contributed by atoms with van der Waals surface area (Å²) in [6, 6.07) is 7.06. The van der Waals surface area contributed by atoms with Crippen LogP contribution in [0, 0.1) is 19.7 Å². The molecule has 0 spiro atoms. The van der Waals surface area contributed by atoms with Crippen LogP contribution in [0.3, 0.4) is 0 Å². The zero-order valence-electron chi connectivity index (χ0n) is 13.9. The third-order valence-corrected chi connectivity index (χ3v) is 4.65. The molecule has 3 rings (SSSR count). The Hall–Kier alpha value is -1.99. The van der Waals surface area contributed by atoms with Crippen molar-refractivity contribution >= 4 is 23.0 Å². The van der Waals surface area contributed by atoms with Crippen LogP contribution in [-0.2, 0) is 6.54 Å². The third-order valence-electron chi connectivity index (χ3n) is 4.29.